The molecule has 0 heterocycles. The van der Waals surface area contributed by atoms with Gasteiger partial charge >= 0.3 is 68.9 Å². The maximum absolute atomic E-state index is 4.66. The van der Waals surface area contributed by atoms with Gasteiger partial charge in [-0.3, -0.25) is 0 Å². The Hall–Kier alpha value is 1.90. The minimum atomic E-state index is 0. The fraction of sp³-hybridized carbons (Fsp3) is 1.00. The molecule has 4 heteroatoms. The van der Waals surface area contributed by atoms with E-state index in [9.17, 15) is 0 Å². The van der Waals surface area contributed by atoms with E-state index < -0.39 is 0 Å². The number of rotatable bonds is 3. The molecule has 0 bridgehead atoms. The molecule has 0 saturated carbocycles. The Balaban J connectivity index is -0.000000125. The number of hydrogen-bond acceptors (Lipinski definition) is 2. The first-order valence-electron chi connectivity index (χ1n) is 1.89. The fourth-order valence-corrected chi connectivity index (χ4v) is 0.167. The van der Waals surface area contributed by atoms with Crippen molar-refractivity contribution in [2.24, 2.45) is 0 Å². The third-order valence-electron chi connectivity index (χ3n) is 0.492. The molecular formula is C4H10CsFO2. The third kappa shape index (κ3) is 15.7. The summed E-state index contributed by atoms with van der Waals surface area (Å²) in [5.41, 5.74) is 0. The van der Waals surface area contributed by atoms with Crippen LogP contribution >= 0.6 is 0 Å². The molecule has 0 amide bonds. The van der Waals surface area contributed by atoms with Crippen LogP contribution in [0.2, 0.25) is 0 Å². The molecule has 0 unspecified atom stereocenters. The summed E-state index contributed by atoms with van der Waals surface area (Å²) >= 11 is 0. The quantitative estimate of drug-likeness (QED) is 0.459. The molecule has 0 N–H and O–H groups in total. The smallest absolute Gasteiger partial charge is 1.00 e. The van der Waals surface area contributed by atoms with Crippen LogP contribution in [0.4, 0.5) is 0 Å². The minimum absolute atomic E-state index is 0. The van der Waals surface area contributed by atoms with Gasteiger partial charge in [-0.15, -0.1) is 0 Å². The van der Waals surface area contributed by atoms with Crippen molar-refractivity contribution < 1.29 is 83.1 Å². The van der Waals surface area contributed by atoms with E-state index in [1.54, 1.807) is 14.2 Å². The van der Waals surface area contributed by atoms with Crippen LogP contribution in [-0.4, -0.2) is 27.4 Å². The van der Waals surface area contributed by atoms with E-state index in [1.165, 1.54) is 0 Å². The molecule has 0 rings (SSSR count). The van der Waals surface area contributed by atoms with Crippen LogP contribution in [-0.2, 0) is 9.47 Å². The second-order valence-corrected chi connectivity index (χ2v) is 0.986. The van der Waals surface area contributed by atoms with Crippen LogP contribution in [0.1, 0.15) is 0 Å². The second-order valence-electron chi connectivity index (χ2n) is 0.986. The van der Waals surface area contributed by atoms with E-state index >= 15 is 0 Å². The second kappa shape index (κ2) is 16.0. The first kappa shape index (κ1) is 16.5. The van der Waals surface area contributed by atoms with Crippen molar-refractivity contribution in [3.05, 3.63) is 0 Å². The predicted octanol–water partition coefficient (Wildman–Crippen LogP) is -5.71. The van der Waals surface area contributed by atoms with Crippen molar-refractivity contribution in [2.75, 3.05) is 27.4 Å². The molecule has 2 nitrogen and oxygen atoms in total. The Morgan fingerprint density at radius 2 is 1.25 bits per heavy atom. The van der Waals surface area contributed by atoms with E-state index in [0.29, 0.717) is 13.2 Å². The molecule has 0 aliphatic carbocycles. The molecular weight excluding hydrogens is 232 g/mol. The molecule has 46 valence electrons. The Kier molecular flexibility index (Phi) is 32.9. The van der Waals surface area contributed by atoms with Gasteiger partial charge in [0.2, 0.25) is 0 Å². The van der Waals surface area contributed by atoms with Gasteiger partial charge in [-0.2, -0.15) is 0 Å². The van der Waals surface area contributed by atoms with Gasteiger partial charge < -0.3 is 14.2 Å². The van der Waals surface area contributed by atoms with Crippen LogP contribution in [0.15, 0.2) is 0 Å². The van der Waals surface area contributed by atoms with Crippen molar-refractivity contribution in [3.63, 3.8) is 0 Å². The van der Waals surface area contributed by atoms with E-state index in [4.69, 9.17) is 0 Å². The molecule has 0 radical (unpaired) electrons. The molecule has 0 atom stereocenters. The average Bonchev–Trinajstić information content (AvgIpc) is 1.61. The molecule has 0 aromatic carbocycles. The Bertz CT molecular complexity index is 26.0. The Morgan fingerprint density at radius 1 is 1.00 bits per heavy atom. The SMILES string of the molecule is COCCOC.[Cs+].[F-]. The number of methoxy groups -OCH3 is 2. The van der Waals surface area contributed by atoms with Gasteiger partial charge in [-0.25, -0.2) is 0 Å². The van der Waals surface area contributed by atoms with Gasteiger partial charge in [0.1, 0.15) is 0 Å². The maximum atomic E-state index is 4.66. The Labute approximate surface area is 108 Å². The Morgan fingerprint density at radius 3 is 1.38 bits per heavy atom. The topological polar surface area (TPSA) is 18.5 Å². The average molecular weight is 242 g/mol. The standard InChI is InChI=1S/C4H10O2.Cs.FH/c1-5-3-4-6-2;;/h3-4H2,1-2H3;;1H/q;+1;/p-1. The summed E-state index contributed by atoms with van der Waals surface area (Å²) in [6.07, 6.45) is 0. The first-order chi connectivity index (χ1) is 2.91. The predicted molar refractivity (Wildman–Crippen MR) is 23.8 cm³/mol. The summed E-state index contributed by atoms with van der Waals surface area (Å²) in [7, 11) is 3.30. The molecule has 0 spiro atoms. The third-order valence-corrected chi connectivity index (χ3v) is 0.492. The molecule has 0 aromatic heterocycles. The summed E-state index contributed by atoms with van der Waals surface area (Å²) in [6.45, 7) is 1.38. The molecule has 0 saturated heterocycles. The summed E-state index contributed by atoms with van der Waals surface area (Å²) in [5.74, 6) is 0. The molecule has 0 aromatic rings. The van der Waals surface area contributed by atoms with Crippen molar-refractivity contribution >= 4 is 0 Å². The van der Waals surface area contributed by atoms with Gasteiger partial charge in [0.05, 0.1) is 13.2 Å². The summed E-state index contributed by atoms with van der Waals surface area (Å²) in [5, 5.41) is 0. The molecule has 8 heavy (non-hydrogen) atoms. The summed E-state index contributed by atoms with van der Waals surface area (Å²) in [4.78, 5) is 0. The molecule has 0 aliphatic rings. The van der Waals surface area contributed by atoms with E-state index in [-0.39, 0.29) is 73.6 Å². The monoisotopic (exact) mass is 242 g/mol. The van der Waals surface area contributed by atoms with Crippen LogP contribution in [0.3, 0.4) is 0 Å². The van der Waals surface area contributed by atoms with Crippen LogP contribution in [0.25, 0.3) is 0 Å². The van der Waals surface area contributed by atoms with Gasteiger partial charge in [0.15, 0.2) is 0 Å². The first-order valence-corrected chi connectivity index (χ1v) is 1.89. The van der Waals surface area contributed by atoms with Crippen molar-refractivity contribution in [3.8, 4) is 0 Å². The zero-order valence-electron chi connectivity index (χ0n) is 5.61. The van der Waals surface area contributed by atoms with E-state index in [1.807, 2.05) is 0 Å². The molecule has 0 aliphatic heterocycles. The number of ether oxygens (including phenoxy) is 2. The zero-order chi connectivity index (χ0) is 4.83. The fourth-order valence-electron chi connectivity index (χ4n) is 0.167. The van der Waals surface area contributed by atoms with E-state index in [0.717, 1.165) is 0 Å². The van der Waals surface area contributed by atoms with Gasteiger partial charge in [-0.1, -0.05) is 0 Å². The zero-order valence-corrected chi connectivity index (χ0v) is 11.9. The normalized spacial score (nSPS) is 6.75. The summed E-state index contributed by atoms with van der Waals surface area (Å²) in [6, 6.07) is 0. The van der Waals surface area contributed by atoms with Gasteiger partial charge in [0.25, 0.3) is 0 Å². The van der Waals surface area contributed by atoms with Gasteiger partial charge in [0, 0.05) is 14.2 Å². The van der Waals surface area contributed by atoms with E-state index in [2.05, 4.69) is 9.47 Å². The van der Waals surface area contributed by atoms with Crippen LogP contribution < -0.4 is 73.6 Å². The molecule has 0 fully saturated rings. The number of hydrogen-bond donors (Lipinski definition) is 0. The summed E-state index contributed by atoms with van der Waals surface area (Å²) < 4.78 is 9.31. The van der Waals surface area contributed by atoms with Crippen molar-refractivity contribution in [2.45, 2.75) is 0 Å². The van der Waals surface area contributed by atoms with Crippen LogP contribution in [0.5, 0.6) is 0 Å². The van der Waals surface area contributed by atoms with Crippen molar-refractivity contribution in [1.82, 2.24) is 0 Å². The largest absolute Gasteiger partial charge is 1.00 e. The van der Waals surface area contributed by atoms with Gasteiger partial charge in [-0.05, 0) is 0 Å². The van der Waals surface area contributed by atoms with Crippen molar-refractivity contribution in [1.29, 1.82) is 0 Å². The maximum Gasteiger partial charge on any atom is 1.00 e. The minimum Gasteiger partial charge on any atom is -1.00 e. The van der Waals surface area contributed by atoms with Crippen LogP contribution in [0, 0.1) is 0 Å². The number of halogens is 1.